The molecule has 0 aliphatic rings. The molecule has 0 saturated carbocycles. The summed E-state index contributed by atoms with van der Waals surface area (Å²) in [6, 6.07) is 1.58. The first-order valence-corrected chi connectivity index (χ1v) is 5.36. The topological polar surface area (TPSA) is 75.4 Å². The number of aliphatic hydroxyl groups excluding tert-OH is 1. The molecule has 100 valence electrons. The number of hydrogen-bond acceptors (Lipinski definition) is 4. The van der Waals surface area contributed by atoms with Crippen LogP contribution in [0.5, 0.6) is 0 Å². The predicted octanol–water partition coefficient (Wildman–Crippen LogP) is 2.45. The molecule has 0 fully saturated rings. The second-order valence-electron chi connectivity index (χ2n) is 4.21. The molecular formula is C11H14F2N2O3. The van der Waals surface area contributed by atoms with E-state index < -0.39 is 33.5 Å². The number of hydrogen-bond donors (Lipinski definition) is 2. The number of nitrogens with zero attached hydrogens (tertiary/aromatic N) is 1. The molecule has 0 saturated heterocycles. The molecule has 18 heavy (non-hydrogen) atoms. The van der Waals surface area contributed by atoms with Crippen LogP contribution in [0, 0.1) is 21.7 Å². The standard InChI is InChI=1S/C11H14F2N2O3/c1-3-11(2,6-16)14-10-8(15(17)18)5-4-7(12)9(10)13/h4-5,14,16H,3,6H2,1-2H3. The smallest absolute Gasteiger partial charge is 0.295 e. The maximum absolute atomic E-state index is 13.6. The van der Waals surface area contributed by atoms with Crippen LogP contribution < -0.4 is 5.32 Å². The highest BCUT2D eigenvalue weighted by atomic mass is 19.2. The predicted molar refractivity (Wildman–Crippen MR) is 62.4 cm³/mol. The van der Waals surface area contributed by atoms with Crippen molar-refractivity contribution in [1.29, 1.82) is 0 Å². The molecule has 7 heteroatoms. The molecule has 0 bridgehead atoms. The molecule has 0 amide bonds. The fraction of sp³-hybridized carbons (Fsp3) is 0.455. The molecule has 2 N–H and O–H groups in total. The van der Waals surface area contributed by atoms with E-state index in [1.54, 1.807) is 13.8 Å². The summed E-state index contributed by atoms with van der Waals surface area (Å²) >= 11 is 0. The summed E-state index contributed by atoms with van der Waals surface area (Å²) in [5, 5.41) is 22.5. The summed E-state index contributed by atoms with van der Waals surface area (Å²) in [7, 11) is 0. The molecule has 5 nitrogen and oxygen atoms in total. The Morgan fingerprint density at radius 1 is 1.50 bits per heavy atom. The van der Waals surface area contributed by atoms with Crippen LogP contribution in [0.1, 0.15) is 20.3 Å². The van der Waals surface area contributed by atoms with E-state index in [4.69, 9.17) is 0 Å². The van der Waals surface area contributed by atoms with Gasteiger partial charge < -0.3 is 10.4 Å². The van der Waals surface area contributed by atoms with E-state index >= 15 is 0 Å². The summed E-state index contributed by atoms with van der Waals surface area (Å²) < 4.78 is 26.7. The van der Waals surface area contributed by atoms with Gasteiger partial charge in [-0.1, -0.05) is 6.92 Å². The Kier molecular flexibility index (Phi) is 4.18. The molecule has 0 aliphatic heterocycles. The molecule has 1 atom stereocenters. The third kappa shape index (κ3) is 2.73. The average molecular weight is 260 g/mol. The first kappa shape index (κ1) is 14.3. The van der Waals surface area contributed by atoms with Gasteiger partial charge in [-0.3, -0.25) is 10.1 Å². The Morgan fingerprint density at radius 2 is 2.11 bits per heavy atom. The van der Waals surface area contributed by atoms with Gasteiger partial charge in [0.1, 0.15) is 0 Å². The maximum atomic E-state index is 13.6. The summed E-state index contributed by atoms with van der Waals surface area (Å²) in [6.45, 7) is 2.91. The van der Waals surface area contributed by atoms with Gasteiger partial charge in [0.2, 0.25) is 0 Å². The Hall–Kier alpha value is -1.76. The minimum absolute atomic E-state index is 0.364. The Bertz CT molecular complexity index is 462. The number of benzene rings is 1. The van der Waals surface area contributed by atoms with Gasteiger partial charge >= 0.3 is 0 Å². The summed E-state index contributed by atoms with van der Waals surface area (Å²) in [4.78, 5) is 9.95. The largest absolute Gasteiger partial charge is 0.394 e. The molecule has 1 aromatic rings. The molecule has 0 aliphatic carbocycles. The van der Waals surface area contributed by atoms with Gasteiger partial charge in [-0.05, 0) is 19.4 Å². The zero-order chi connectivity index (χ0) is 13.9. The number of halogens is 2. The minimum Gasteiger partial charge on any atom is -0.394 e. The van der Waals surface area contributed by atoms with E-state index in [9.17, 15) is 24.0 Å². The van der Waals surface area contributed by atoms with Crippen LogP contribution >= 0.6 is 0 Å². The molecule has 0 aromatic heterocycles. The number of anilines is 1. The third-order valence-corrected chi connectivity index (χ3v) is 2.83. The maximum Gasteiger partial charge on any atom is 0.295 e. The second kappa shape index (κ2) is 5.26. The van der Waals surface area contributed by atoms with E-state index in [0.29, 0.717) is 12.5 Å². The SMILES string of the molecule is CCC(C)(CO)Nc1c([N+](=O)[O-])ccc(F)c1F. The van der Waals surface area contributed by atoms with Gasteiger partial charge in [-0.2, -0.15) is 0 Å². The monoisotopic (exact) mass is 260 g/mol. The highest BCUT2D eigenvalue weighted by Crippen LogP contribution is 2.32. The fourth-order valence-corrected chi connectivity index (χ4v) is 1.35. The molecule has 1 rings (SSSR count). The number of nitrogens with one attached hydrogen (secondary N) is 1. The van der Waals surface area contributed by atoms with E-state index in [-0.39, 0.29) is 6.61 Å². The summed E-state index contributed by atoms with van der Waals surface area (Å²) in [6.07, 6.45) is 0.386. The van der Waals surface area contributed by atoms with E-state index in [0.717, 1.165) is 6.07 Å². The van der Waals surface area contributed by atoms with Crippen molar-refractivity contribution >= 4 is 11.4 Å². The normalized spacial score (nSPS) is 14.1. The van der Waals surface area contributed by atoms with Crippen molar-refractivity contribution in [2.75, 3.05) is 11.9 Å². The molecule has 0 spiro atoms. The Morgan fingerprint density at radius 3 is 2.56 bits per heavy atom. The lowest BCUT2D eigenvalue weighted by Gasteiger charge is -2.28. The van der Waals surface area contributed by atoms with Crippen LogP contribution in [0.2, 0.25) is 0 Å². The van der Waals surface area contributed by atoms with Crippen molar-refractivity contribution in [1.82, 2.24) is 0 Å². The first-order valence-electron chi connectivity index (χ1n) is 5.36. The van der Waals surface area contributed by atoms with Crippen molar-refractivity contribution in [3.05, 3.63) is 33.9 Å². The zero-order valence-electron chi connectivity index (χ0n) is 10.0. The van der Waals surface area contributed by atoms with Crippen molar-refractivity contribution in [3.8, 4) is 0 Å². The van der Waals surface area contributed by atoms with Crippen LogP contribution in [0.4, 0.5) is 20.2 Å². The van der Waals surface area contributed by atoms with Gasteiger partial charge in [0, 0.05) is 6.07 Å². The second-order valence-corrected chi connectivity index (χ2v) is 4.21. The van der Waals surface area contributed by atoms with Gasteiger partial charge in [0.05, 0.1) is 17.1 Å². The molecule has 1 aromatic carbocycles. The van der Waals surface area contributed by atoms with Gasteiger partial charge in [0.25, 0.3) is 5.69 Å². The van der Waals surface area contributed by atoms with E-state index in [1.807, 2.05) is 0 Å². The quantitative estimate of drug-likeness (QED) is 0.629. The van der Waals surface area contributed by atoms with Crippen molar-refractivity contribution < 1.29 is 18.8 Å². The van der Waals surface area contributed by atoms with Crippen LogP contribution in [0.3, 0.4) is 0 Å². The Labute approximate surface area is 103 Å². The number of nitro benzene ring substituents is 1. The minimum atomic E-state index is -1.32. The van der Waals surface area contributed by atoms with Crippen molar-refractivity contribution in [2.45, 2.75) is 25.8 Å². The number of nitro groups is 1. The number of aliphatic hydroxyl groups is 1. The Balaban J connectivity index is 3.29. The van der Waals surface area contributed by atoms with E-state index in [1.165, 1.54) is 0 Å². The van der Waals surface area contributed by atoms with Crippen LogP contribution in [0.15, 0.2) is 12.1 Å². The lowest BCUT2D eigenvalue weighted by molar-refractivity contribution is -0.384. The lowest BCUT2D eigenvalue weighted by Crippen LogP contribution is -2.38. The summed E-state index contributed by atoms with van der Waals surface area (Å²) in [5.41, 5.74) is -2.07. The highest BCUT2D eigenvalue weighted by Gasteiger charge is 2.28. The molecule has 0 heterocycles. The lowest BCUT2D eigenvalue weighted by atomic mass is 9.99. The zero-order valence-corrected chi connectivity index (χ0v) is 10.0. The molecule has 1 unspecified atom stereocenters. The number of rotatable bonds is 5. The van der Waals surface area contributed by atoms with Gasteiger partial charge in [0.15, 0.2) is 17.3 Å². The van der Waals surface area contributed by atoms with Gasteiger partial charge in [-0.15, -0.1) is 0 Å². The first-order chi connectivity index (χ1) is 8.34. The van der Waals surface area contributed by atoms with Crippen LogP contribution in [-0.4, -0.2) is 22.2 Å². The molecular weight excluding hydrogens is 246 g/mol. The van der Waals surface area contributed by atoms with Crippen LogP contribution in [-0.2, 0) is 0 Å². The third-order valence-electron chi connectivity index (χ3n) is 2.83. The highest BCUT2D eigenvalue weighted by molar-refractivity contribution is 5.63. The molecule has 0 radical (unpaired) electrons. The van der Waals surface area contributed by atoms with E-state index in [2.05, 4.69) is 5.32 Å². The van der Waals surface area contributed by atoms with Crippen molar-refractivity contribution in [3.63, 3.8) is 0 Å². The van der Waals surface area contributed by atoms with Crippen LogP contribution in [0.25, 0.3) is 0 Å². The average Bonchev–Trinajstić information content (AvgIpc) is 2.34. The summed E-state index contributed by atoms with van der Waals surface area (Å²) in [5.74, 6) is -2.50. The van der Waals surface area contributed by atoms with Crippen molar-refractivity contribution in [2.24, 2.45) is 0 Å². The van der Waals surface area contributed by atoms with Gasteiger partial charge in [-0.25, -0.2) is 8.78 Å². The fourth-order valence-electron chi connectivity index (χ4n) is 1.35.